The second-order valence-electron chi connectivity index (χ2n) is 4.77. The van der Waals surface area contributed by atoms with E-state index in [0.717, 1.165) is 6.42 Å². The quantitative estimate of drug-likeness (QED) is 0.532. The van der Waals surface area contributed by atoms with Crippen LogP contribution >= 0.6 is 0 Å². The van der Waals surface area contributed by atoms with Crippen molar-refractivity contribution in [3.05, 3.63) is 11.8 Å². The Bertz CT molecular complexity index is 449. The van der Waals surface area contributed by atoms with Crippen LogP contribution in [0, 0.1) is 5.92 Å². The minimum atomic E-state index is 0.282. The molecule has 3 unspecified atom stereocenters. The van der Waals surface area contributed by atoms with Crippen LogP contribution in [0.25, 0.3) is 0 Å². The Morgan fingerprint density at radius 3 is 3.19 bits per heavy atom. The summed E-state index contributed by atoms with van der Waals surface area (Å²) in [5, 5.41) is 4.33. The molecule has 16 heavy (non-hydrogen) atoms. The summed E-state index contributed by atoms with van der Waals surface area (Å²) in [6.45, 7) is 2.24. The van der Waals surface area contributed by atoms with Gasteiger partial charge in [-0.1, -0.05) is 18.4 Å². The molecule has 0 bridgehead atoms. The third-order valence-corrected chi connectivity index (χ3v) is 3.77. The first-order valence-electron chi connectivity index (χ1n) is 5.96. The molecule has 0 amide bonds. The zero-order valence-corrected chi connectivity index (χ0v) is 10.1. The van der Waals surface area contributed by atoms with Gasteiger partial charge in [0, 0.05) is 6.42 Å². The van der Waals surface area contributed by atoms with E-state index < -0.39 is 0 Å². The van der Waals surface area contributed by atoms with Gasteiger partial charge in [-0.25, -0.2) is 4.58 Å². The number of fused-ring (bicyclic) bond motifs is 3. The van der Waals surface area contributed by atoms with Gasteiger partial charge in [-0.2, -0.15) is 0 Å². The molecule has 0 radical (unpaired) electrons. The van der Waals surface area contributed by atoms with Crippen LogP contribution in [0.1, 0.15) is 31.4 Å². The number of nitrogens with zero attached hydrogens (tertiary/aromatic N) is 3. The predicted octanol–water partition coefficient (Wildman–Crippen LogP) is 1.63. The highest BCUT2D eigenvalue weighted by atomic mass is 16.6. The van der Waals surface area contributed by atoms with E-state index >= 15 is 0 Å². The molecule has 3 rings (SSSR count). The highest BCUT2D eigenvalue weighted by Crippen LogP contribution is 2.48. The Morgan fingerprint density at radius 1 is 1.62 bits per heavy atom. The summed E-state index contributed by atoms with van der Waals surface area (Å²) in [6, 6.07) is 0. The number of epoxide rings is 1. The molecule has 1 saturated heterocycles. The molecule has 4 nitrogen and oxygen atoms in total. The van der Waals surface area contributed by atoms with Crippen molar-refractivity contribution in [3.63, 3.8) is 0 Å². The van der Waals surface area contributed by atoms with E-state index in [1.807, 2.05) is 17.9 Å². The molecule has 1 aromatic rings. The summed E-state index contributed by atoms with van der Waals surface area (Å²) in [4.78, 5) is 0. The average molecular weight is 220 g/mol. The lowest BCUT2D eigenvalue weighted by atomic mass is 9.94. The van der Waals surface area contributed by atoms with Gasteiger partial charge in [0.05, 0.1) is 31.1 Å². The van der Waals surface area contributed by atoms with Gasteiger partial charge in [-0.15, -0.1) is 4.68 Å². The van der Waals surface area contributed by atoms with Gasteiger partial charge in [0.15, 0.2) is 0 Å². The van der Waals surface area contributed by atoms with Gasteiger partial charge in [0.1, 0.15) is 13.2 Å². The molecule has 3 atom stereocenters. The highest BCUT2D eigenvalue weighted by Gasteiger charge is 2.49. The van der Waals surface area contributed by atoms with Crippen LogP contribution in [0.4, 0.5) is 5.82 Å². The van der Waals surface area contributed by atoms with E-state index in [9.17, 15) is 0 Å². The van der Waals surface area contributed by atoms with Crippen molar-refractivity contribution in [2.75, 3.05) is 7.05 Å². The first-order chi connectivity index (χ1) is 7.72. The van der Waals surface area contributed by atoms with Crippen molar-refractivity contribution in [2.45, 2.75) is 32.0 Å². The third kappa shape index (κ3) is 1.33. The van der Waals surface area contributed by atoms with Gasteiger partial charge in [0.25, 0.3) is 0 Å². The average Bonchev–Trinajstić information content (AvgIpc) is 2.93. The number of aryl methyl sites for hydroxylation is 1. The van der Waals surface area contributed by atoms with Gasteiger partial charge >= 0.3 is 5.82 Å². The van der Waals surface area contributed by atoms with Gasteiger partial charge in [0.2, 0.25) is 0 Å². The van der Waals surface area contributed by atoms with E-state index in [4.69, 9.17) is 4.74 Å². The number of ether oxygens (including phenoxy) is 1. The Kier molecular flexibility index (Phi) is 2.14. The van der Waals surface area contributed by atoms with Crippen molar-refractivity contribution in [1.29, 1.82) is 0 Å². The molecule has 0 N–H and O–H groups in total. The van der Waals surface area contributed by atoms with Gasteiger partial charge in [-0.3, -0.25) is 0 Å². The molecule has 4 heteroatoms. The van der Waals surface area contributed by atoms with Crippen molar-refractivity contribution in [2.24, 2.45) is 13.0 Å². The van der Waals surface area contributed by atoms with Crippen LogP contribution in [-0.2, 0) is 11.8 Å². The maximum absolute atomic E-state index is 5.83. The molecule has 3 heterocycles. The number of rotatable bonds is 1. The molecule has 1 fully saturated rings. The van der Waals surface area contributed by atoms with Crippen molar-refractivity contribution in [1.82, 2.24) is 9.78 Å². The Labute approximate surface area is 95.5 Å². The summed E-state index contributed by atoms with van der Waals surface area (Å²) in [5.41, 5.74) is 1.24. The zero-order valence-electron chi connectivity index (χ0n) is 10.1. The van der Waals surface area contributed by atoms with Crippen LogP contribution in [0.15, 0.2) is 6.20 Å². The standard InChI is InChI=1S/C12H18N3O/c1-4-8-5-6-14(2)12-9(7-13-15(12)3)11-10(8)16-11/h6-8,10-11H,4-5H2,1-3H3/q+1. The SMILES string of the molecule is CCC1CC=[N+](C)c2c(cnn2C)C2OC12. The van der Waals surface area contributed by atoms with E-state index in [-0.39, 0.29) is 6.10 Å². The second kappa shape index (κ2) is 3.42. The van der Waals surface area contributed by atoms with E-state index in [1.165, 1.54) is 17.8 Å². The molecule has 0 aliphatic carbocycles. The highest BCUT2D eigenvalue weighted by molar-refractivity contribution is 5.56. The fourth-order valence-electron chi connectivity index (χ4n) is 2.73. The number of hydrogen-bond donors (Lipinski definition) is 0. The van der Waals surface area contributed by atoms with Crippen LogP contribution in [0.2, 0.25) is 0 Å². The summed E-state index contributed by atoms with van der Waals surface area (Å²) in [6.07, 6.45) is 7.18. The molecule has 0 saturated carbocycles. The second-order valence-corrected chi connectivity index (χ2v) is 4.77. The third-order valence-electron chi connectivity index (χ3n) is 3.77. The Morgan fingerprint density at radius 2 is 2.44 bits per heavy atom. The minimum absolute atomic E-state index is 0.282. The normalized spacial score (nSPS) is 32.2. The van der Waals surface area contributed by atoms with Crippen molar-refractivity contribution >= 4 is 12.0 Å². The Hall–Kier alpha value is -1.16. The van der Waals surface area contributed by atoms with Crippen LogP contribution in [0.5, 0.6) is 0 Å². The molecule has 2 aliphatic heterocycles. The monoisotopic (exact) mass is 220 g/mol. The van der Waals surface area contributed by atoms with E-state index in [2.05, 4.69) is 29.9 Å². The van der Waals surface area contributed by atoms with Gasteiger partial charge in [-0.05, 0) is 5.92 Å². The first-order valence-corrected chi connectivity index (χ1v) is 5.96. The molecule has 2 aliphatic rings. The summed E-state index contributed by atoms with van der Waals surface area (Å²) < 4.78 is 9.94. The molecule has 0 aromatic carbocycles. The summed E-state index contributed by atoms with van der Waals surface area (Å²) >= 11 is 0. The summed E-state index contributed by atoms with van der Waals surface area (Å²) in [5.74, 6) is 1.82. The fourth-order valence-corrected chi connectivity index (χ4v) is 2.73. The van der Waals surface area contributed by atoms with E-state index in [1.54, 1.807) is 0 Å². The fraction of sp³-hybridized carbons (Fsp3) is 0.667. The molecule has 0 spiro atoms. The van der Waals surface area contributed by atoms with E-state index in [0.29, 0.717) is 12.0 Å². The van der Waals surface area contributed by atoms with Crippen LogP contribution in [-0.4, -0.2) is 33.7 Å². The maximum atomic E-state index is 5.83. The molecule has 86 valence electrons. The largest absolute Gasteiger partial charge is 0.364 e. The minimum Gasteiger partial charge on any atom is -0.364 e. The van der Waals surface area contributed by atoms with Crippen molar-refractivity contribution in [3.8, 4) is 0 Å². The lowest BCUT2D eigenvalue weighted by Gasteiger charge is -2.11. The number of hydrogen-bond acceptors (Lipinski definition) is 2. The Balaban J connectivity index is 2.05. The van der Waals surface area contributed by atoms with Crippen LogP contribution < -0.4 is 0 Å². The molecule has 1 aromatic heterocycles. The molecular formula is C12H18N3O+. The predicted molar refractivity (Wildman–Crippen MR) is 61.1 cm³/mol. The van der Waals surface area contributed by atoms with Crippen molar-refractivity contribution < 1.29 is 9.31 Å². The number of aromatic nitrogens is 2. The lowest BCUT2D eigenvalue weighted by Crippen LogP contribution is -2.16. The first kappa shape index (κ1) is 10.0. The zero-order chi connectivity index (χ0) is 11.3. The maximum Gasteiger partial charge on any atom is 0.308 e. The smallest absolute Gasteiger partial charge is 0.308 e. The molecular weight excluding hydrogens is 202 g/mol. The van der Waals surface area contributed by atoms with Crippen LogP contribution in [0.3, 0.4) is 0 Å². The summed E-state index contributed by atoms with van der Waals surface area (Å²) in [7, 11) is 4.08. The lowest BCUT2D eigenvalue weighted by molar-refractivity contribution is -0.409. The topological polar surface area (TPSA) is 33.4 Å². The van der Waals surface area contributed by atoms with Gasteiger partial charge < -0.3 is 4.74 Å².